The lowest BCUT2D eigenvalue weighted by atomic mass is 10.1. The largest absolute Gasteiger partial charge is 0.351 e. The first-order chi connectivity index (χ1) is 10.3. The van der Waals surface area contributed by atoms with Gasteiger partial charge < -0.3 is 5.32 Å². The van der Waals surface area contributed by atoms with Gasteiger partial charge >= 0.3 is 0 Å². The van der Waals surface area contributed by atoms with Crippen LogP contribution in [-0.4, -0.2) is 30.4 Å². The van der Waals surface area contributed by atoms with Crippen LogP contribution in [0, 0.1) is 24.6 Å². The number of hydrogen-bond acceptors (Lipinski definition) is 2. The van der Waals surface area contributed by atoms with Crippen LogP contribution < -0.4 is 5.32 Å². The number of rotatable bonds is 8. The van der Waals surface area contributed by atoms with Crippen LogP contribution in [0.5, 0.6) is 0 Å². The summed E-state index contributed by atoms with van der Waals surface area (Å²) >= 11 is 0. The molecule has 1 amide bonds. The fourth-order valence-corrected chi connectivity index (χ4v) is 2.44. The van der Waals surface area contributed by atoms with Crippen LogP contribution in [-0.2, 0) is 11.3 Å². The highest BCUT2D eigenvalue weighted by Gasteiger charge is 2.13. The number of carbonyl (C=O) groups excluding carboxylic acids is 1. The third-order valence-electron chi connectivity index (χ3n) is 3.34. The van der Waals surface area contributed by atoms with E-state index in [4.69, 9.17) is 0 Å². The maximum atomic E-state index is 13.5. The maximum Gasteiger partial charge on any atom is 0.234 e. The summed E-state index contributed by atoms with van der Waals surface area (Å²) in [4.78, 5) is 14.3. The predicted octanol–water partition coefficient (Wildman–Crippen LogP) is 3.36. The molecule has 124 valence electrons. The summed E-state index contributed by atoms with van der Waals surface area (Å²) in [6.07, 6.45) is 0. The van der Waals surface area contributed by atoms with E-state index in [2.05, 4.69) is 37.9 Å². The summed E-state index contributed by atoms with van der Waals surface area (Å²) in [6.45, 7) is 12.9. The molecular formula is C18H29FN2O. The number of nitrogens with zero attached hydrogens (tertiary/aromatic N) is 1. The van der Waals surface area contributed by atoms with Gasteiger partial charge in [-0.1, -0.05) is 39.8 Å². The first-order valence-electron chi connectivity index (χ1n) is 8.02. The molecule has 22 heavy (non-hydrogen) atoms. The van der Waals surface area contributed by atoms with Gasteiger partial charge in [-0.3, -0.25) is 9.69 Å². The van der Waals surface area contributed by atoms with Gasteiger partial charge in [0.25, 0.3) is 0 Å². The summed E-state index contributed by atoms with van der Waals surface area (Å²) < 4.78 is 13.5. The van der Waals surface area contributed by atoms with Gasteiger partial charge in [-0.15, -0.1) is 0 Å². The molecule has 0 unspecified atom stereocenters. The molecule has 0 aliphatic heterocycles. The molecular weight excluding hydrogens is 279 g/mol. The fourth-order valence-electron chi connectivity index (χ4n) is 2.44. The van der Waals surface area contributed by atoms with Crippen LogP contribution in [0.1, 0.15) is 38.8 Å². The van der Waals surface area contributed by atoms with Gasteiger partial charge in [-0.2, -0.15) is 0 Å². The number of hydrogen-bond donors (Lipinski definition) is 1. The monoisotopic (exact) mass is 308 g/mol. The number of nitrogens with one attached hydrogen (secondary N) is 1. The van der Waals surface area contributed by atoms with Gasteiger partial charge in [0.2, 0.25) is 5.91 Å². The summed E-state index contributed by atoms with van der Waals surface area (Å²) in [5.41, 5.74) is 1.41. The average Bonchev–Trinajstić information content (AvgIpc) is 2.38. The highest BCUT2D eigenvalue weighted by Crippen LogP contribution is 2.09. The molecule has 0 atom stereocenters. The van der Waals surface area contributed by atoms with Crippen LogP contribution >= 0.6 is 0 Å². The normalized spacial score (nSPS) is 11.5. The molecule has 0 bridgehead atoms. The van der Waals surface area contributed by atoms with Crippen LogP contribution in [0.3, 0.4) is 0 Å². The van der Waals surface area contributed by atoms with Crippen molar-refractivity contribution in [2.24, 2.45) is 11.8 Å². The Kier molecular flexibility index (Phi) is 7.52. The maximum absolute atomic E-state index is 13.5. The van der Waals surface area contributed by atoms with E-state index in [9.17, 15) is 9.18 Å². The zero-order valence-electron chi connectivity index (χ0n) is 14.4. The van der Waals surface area contributed by atoms with Crippen molar-refractivity contribution in [2.45, 2.75) is 41.2 Å². The number of amides is 1. The minimum absolute atomic E-state index is 0.0118. The highest BCUT2D eigenvalue weighted by molar-refractivity contribution is 5.78. The van der Waals surface area contributed by atoms with E-state index in [0.717, 1.165) is 18.7 Å². The van der Waals surface area contributed by atoms with E-state index in [-0.39, 0.29) is 11.7 Å². The molecule has 1 N–H and O–H groups in total. The Bertz CT molecular complexity index is 476. The summed E-state index contributed by atoms with van der Waals surface area (Å²) in [5.74, 6) is 0.811. The second-order valence-electron chi connectivity index (χ2n) is 6.84. The third-order valence-corrected chi connectivity index (χ3v) is 3.34. The molecule has 0 heterocycles. The van der Waals surface area contributed by atoms with Gasteiger partial charge in [0.1, 0.15) is 5.82 Å². The van der Waals surface area contributed by atoms with E-state index in [1.54, 1.807) is 13.0 Å². The van der Waals surface area contributed by atoms with Crippen LogP contribution in [0.4, 0.5) is 4.39 Å². The molecule has 4 heteroatoms. The molecule has 0 aliphatic carbocycles. The van der Waals surface area contributed by atoms with Crippen molar-refractivity contribution >= 4 is 5.91 Å². The van der Waals surface area contributed by atoms with E-state index >= 15 is 0 Å². The molecule has 1 rings (SSSR count). The van der Waals surface area contributed by atoms with Crippen molar-refractivity contribution in [3.63, 3.8) is 0 Å². The fraction of sp³-hybridized carbons (Fsp3) is 0.611. The molecule has 1 aromatic carbocycles. The zero-order chi connectivity index (χ0) is 16.7. The Balaban J connectivity index is 2.50. The topological polar surface area (TPSA) is 32.3 Å². The Morgan fingerprint density at radius 1 is 1.18 bits per heavy atom. The minimum Gasteiger partial charge on any atom is -0.351 e. The molecule has 0 fully saturated rings. The van der Waals surface area contributed by atoms with Crippen LogP contribution in [0.15, 0.2) is 18.2 Å². The van der Waals surface area contributed by atoms with Gasteiger partial charge in [0.15, 0.2) is 0 Å². The Morgan fingerprint density at radius 3 is 2.27 bits per heavy atom. The van der Waals surface area contributed by atoms with E-state index in [1.807, 2.05) is 6.07 Å². The number of halogens is 1. The summed E-state index contributed by atoms with van der Waals surface area (Å²) in [7, 11) is 0. The van der Waals surface area contributed by atoms with Gasteiger partial charge in [0.05, 0.1) is 6.54 Å². The molecule has 0 aliphatic rings. The molecule has 0 radical (unpaired) electrons. The minimum atomic E-state index is -0.229. The van der Waals surface area contributed by atoms with Crippen molar-refractivity contribution in [1.29, 1.82) is 0 Å². The number of aryl methyl sites for hydroxylation is 1. The van der Waals surface area contributed by atoms with Crippen LogP contribution in [0.25, 0.3) is 0 Å². The lowest BCUT2D eigenvalue weighted by molar-refractivity contribution is -0.122. The average molecular weight is 308 g/mol. The van der Waals surface area contributed by atoms with E-state index in [1.165, 1.54) is 6.07 Å². The molecule has 0 spiro atoms. The smallest absolute Gasteiger partial charge is 0.234 e. The quantitative estimate of drug-likeness (QED) is 0.798. The Hall–Kier alpha value is -1.42. The molecule has 0 aromatic heterocycles. The Morgan fingerprint density at radius 2 is 1.77 bits per heavy atom. The summed E-state index contributed by atoms with van der Waals surface area (Å²) in [5, 5.41) is 2.88. The SMILES string of the molecule is Cc1ccc(CNC(=O)CN(CC(C)C)CC(C)C)cc1F. The second kappa shape index (κ2) is 8.89. The Labute approximate surface area is 133 Å². The van der Waals surface area contributed by atoms with Crippen molar-refractivity contribution in [3.8, 4) is 0 Å². The highest BCUT2D eigenvalue weighted by atomic mass is 19.1. The van der Waals surface area contributed by atoms with Crippen molar-refractivity contribution < 1.29 is 9.18 Å². The molecule has 0 saturated heterocycles. The standard InChI is InChI=1S/C18H29FN2O/c1-13(2)10-21(11-14(3)4)12-18(22)20-9-16-7-6-15(5)17(19)8-16/h6-8,13-14H,9-12H2,1-5H3,(H,20,22). The van der Waals surface area contributed by atoms with Crippen LogP contribution in [0.2, 0.25) is 0 Å². The third kappa shape index (κ3) is 7.03. The van der Waals surface area contributed by atoms with Gasteiger partial charge in [-0.05, 0) is 36.0 Å². The second-order valence-corrected chi connectivity index (χ2v) is 6.84. The molecule has 1 aromatic rings. The van der Waals surface area contributed by atoms with E-state index in [0.29, 0.717) is 30.5 Å². The van der Waals surface area contributed by atoms with Crippen molar-refractivity contribution in [3.05, 3.63) is 35.1 Å². The molecule has 3 nitrogen and oxygen atoms in total. The zero-order valence-corrected chi connectivity index (χ0v) is 14.4. The first kappa shape index (κ1) is 18.6. The van der Waals surface area contributed by atoms with E-state index < -0.39 is 0 Å². The van der Waals surface area contributed by atoms with Gasteiger partial charge in [-0.25, -0.2) is 4.39 Å². The molecule has 0 saturated carbocycles. The van der Waals surface area contributed by atoms with Crippen molar-refractivity contribution in [1.82, 2.24) is 10.2 Å². The lowest BCUT2D eigenvalue weighted by Gasteiger charge is -2.25. The van der Waals surface area contributed by atoms with Gasteiger partial charge in [0, 0.05) is 19.6 Å². The number of benzene rings is 1. The first-order valence-corrected chi connectivity index (χ1v) is 8.02. The number of carbonyl (C=O) groups is 1. The lowest BCUT2D eigenvalue weighted by Crippen LogP contribution is -2.40. The van der Waals surface area contributed by atoms with Crippen molar-refractivity contribution in [2.75, 3.05) is 19.6 Å². The predicted molar refractivity (Wildman–Crippen MR) is 89.1 cm³/mol. The summed E-state index contributed by atoms with van der Waals surface area (Å²) in [6, 6.07) is 5.06.